The van der Waals surface area contributed by atoms with Crippen LogP contribution in [0.25, 0.3) is 11.2 Å². The molecule has 3 heterocycles. The van der Waals surface area contributed by atoms with Gasteiger partial charge in [0.2, 0.25) is 0 Å². The minimum absolute atomic E-state index is 0.119. The minimum Gasteiger partial charge on any atom is -0.387 e. The molecule has 0 aliphatic carbocycles. The number of phosphoric acid groups is 1. The number of aromatic nitrogens is 4. The van der Waals surface area contributed by atoms with Crippen molar-refractivity contribution in [3.63, 3.8) is 0 Å². The van der Waals surface area contributed by atoms with Gasteiger partial charge in [-0.25, -0.2) is 19.5 Å². The van der Waals surface area contributed by atoms with Crippen molar-refractivity contribution in [3.05, 3.63) is 11.1 Å². The van der Waals surface area contributed by atoms with E-state index in [0.717, 1.165) is 0 Å². The quantitative estimate of drug-likeness (QED) is 0.295. The second-order valence-corrected chi connectivity index (χ2v) is 6.96. The van der Waals surface area contributed by atoms with Crippen molar-refractivity contribution in [1.29, 1.82) is 0 Å². The molecule has 0 saturated carbocycles. The number of phosphoric ester groups is 1. The van der Waals surface area contributed by atoms with Gasteiger partial charge < -0.3 is 30.5 Å². The van der Waals surface area contributed by atoms with Crippen LogP contribution in [0.4, 0.5) is 5.82 Å². The van der Waals surface area contributed by atoms with Crippen LogP contribution in [0.5, 0.6) is 0 Å². The van der Waals surface area contributed by atoms with E-state index in [1.165, 1.54) is 10.9 Å². The van der Waals surface area contributed by atoms with Crippen molar-refractivity contribution in [3.8, 4) is 0 Å². The molecule has 6 N–H and O–H groups in total. The second-order valence-electron chi connectivity index (χ2n) is 5.01. The third-order valence-corrected chi connectivity index (χ3v) is 4.51. The van der Waals surface area contributed by atoms with Crippen molar-refractivity contribution in [1.82, 2.24) is 19.5 Å². The summed E-state index contributed by atoms with van der Waals surface area (Å²) in [5.41, 5.74) is 6.23. The standard InChI is InChI=1S/C10H13BrN5O7P/c11-10-15-4-7(12)13-2-14-8(4)16(10)9-6(18)5(17)3(23-9)1-22-24(19,20)21/h2-3,5-6,9,17-18H,1H2,(H2,12,13,14)(H2,19,20,21)/t3-,5-,6+,9-/m1/s1. The van der Waals surface area contributed by atoms with Crippen LogP contribution >= 0.6 is 23.8 Å². The lowest BCUT2D eigenvalue weighted by Crippen LogP contribution is -2.33. The summed E-state index contributed by atoms with van der Waals surface area (Å²) in [7, 11) is -4.74. The fraction of sp³-hybridized carbons (Fsp3) is 0.500. The Bertz CT molecular complexity index is 812. The summed E-state index contributed by atoms with van der Waals surface area (Å²) >= 11 is 3.19. The van der Waals surface area contributed by atoms with E-state index in [0.29, 0.717) is 0 Å². The van der Waals surface area contributed by atoms with E-state index < -0.39 is 39.0 Å². The molecule has 0 aromatic carbocycles. The van der Waals surface area contributed by atoms with Gasteiger partial charge in [-0.2, -0.15) is 0 Å². The fourth-order valence-corrected chi connectivity index (χ4v) is 3.26. The van der Waals surface area contributed by atoms with E-state index in [2.05, 4.69) is 35.4 Å². The van der Waals surface area contributed by atoms with E-state index in [9.17, 15) is 14.8 Å². The van der Waals surface area contributed by atoms with Gasteiger partial charge >= 0.3 is 7.82 Å². The Kier molecular flexibility index (Phi) is 4.61. The average Bonchev–Trinajstić information content (AvgIpc) is 2.96. The summed E-state index contributed by atoms with van der Waals surface area (Å²) < 4.78 is 22.1. The lowest BCUT2D eigenvalue weighted by Gasteiger charge is -2.17. The molecule has 0 spiro atoms. The number of halogens is 1. The summed E-state index contributed by atoms with van der Waals surface area (Å²) in [5.74, 6) is 0.119. The topological polar surface area (TPSA) is 186 Å². The van der Waals surface area contributed by atoms with E-state index >= 15 is 0 Å². The van der Waals surface area contributed by atoms with Crippen LogP contribution in [-0.2, 0) is 13.8 Å². The number of aliphatic hydroxyl groups excluding tert-OH is 2. The Morgan fingerprint density at radius 1 is 1.38 bits per heavy atom. The van der Waals surface area contributed by atoms with E-state index in [4.69, 9.17) is 20.3 Å². The Morgan fingerprint density at radius 3 is 2.75 bits per heavy atom. The SMILES string of the molecule is Nc1ncnc2c1nc(Br)n2[C@@H]1O[C@H](COP(=O)(O)O)[C@@H](O)[C@@H]1O. The van der Waals surface area contributed by atoms with Gasteiger partial charge in [-0.15, -0.1) is 0 Å². The molecule has 1 aliphatic rings. The summed E-state index contributed by atoms with van der Waals surface area (Å²) in [6, 6.07) is 0. The van der Waals surface area contributed by atoms with Crippen molar-refractivity contribution in [2.45, 2.75) is 24.5 Å². The molecule has 1 fully saturated rings. The number of hydrogen-bond acceptors (Lipinski definition) is 9. The number of imidazole rings is 1. The van der Waals surface area contributed by atoms with Gasteiger partial charge in [-0.1, -0.05) is 0 Å². The smallest absolute Gasteiger partial charge is 0.387 e. The van der Waals surface area contributed by atoms with Gasteiger partial charge in [0.1, 0.15) is 24.6 Å². The number of hydrogen-bond donors (Lipinski definition) is 5. The van der Waals surface area contributed by atoms with E-state index in [1.807, 2.05) is 0 Å². The molecule has 2 aromatic heterocycles. The molecule has 1 saturated heterocycles. The number of nitrogen functional groups attached to an aromatic ring is 1. The maximum absolute atomic E-state index is 10.8. The molecule has 0 bridgehead atoms. The lowest BCUT2D eigenvalue weighted by atomic mass is 10.1. The number of nitrogens with zero attached hydrogens (tertiary/aromatic N) is 4. The maximum Gasteiger partial charge on any atom is 0.469 e. The molecular weight excluding hydrogens is 413 g/mol. The molecule has 24 heavy (non-hydrogen) atoms. The molecule has 0 unspecified atom stereocenters. The third-order valence-electron chi connectivity index (χ3n) is 3.46. The number of aliphatic hydroxyl groups is 2. The van der Waals surface area contributed by atoms with Crippen molar-refractivity contribution < 1.29 is 33.8 Å². The van der Waals surface area contributed by atoms with Crippen molar-refractivity contribution >= 4 is 40.7 Å². The summed E-state index contributed by atoms with van der Waals surface area (Å²) in [5, 5.41) is 20.2. The highest BCUT2D eigenvalue weighted by Crippen LogP contribution is 2.39. The first kappa shape index (κ1) is 17.6. The summed E-state index contributed by atoms with van der Waals surface area (Å²) in [4.78, 5) is 29.4. The van der Waals surface area contributed by atoms with Gasteiger partial charge in [0, 0.05) is 0 Å². The van der Waals surface area contributed by atoms with Gasteiger partial charge in [0.05, 0.1) is 6.61 Å². The number of ether oxygens (including phenoxy) is 1. The molecular formula is C10H13BrN5O7P. The fourth-order valence-electron chi connectivity index (χ4n) is 2.38. The Labute approximate surface area is 142 Å². The van der Waals surface area contributed by atoms with Crippen LogP contribution in [0.2, 0.25) is 0 Å². The molecule has 1 aliphatic heterocycles. The Morgan fingerprint density at radius 2 is 2.08 bits per heavy atom. The first-order chi connectivity index (χ1) is 11.2. The second kappa shape index (κ2) is 6.28. The highest BCUT2D eigenvalue weighted by molar-refractivity contribution is 9.10. The third kappa shape index (κ3) is 3.17. The van der Waals surface area contributed by atoms with Gasteiger partial charge in [0.15, 0.2) is 27.9 Å². The van der Waals surface area contributed by atoms with Crippen LogP contribution in [0, 0.1) is 0 Å². The largest absolute Gasteiger partial charge is 0.469 e. The molecule has 0 radical (unpaired) electrons. The molecule has 0 amide bonds. The highest BCUT2D eigenvalue weighted by Gasteiger charge is 2.45. The first-order valence-electron chi connectivity index (χ1n) is 6.54. The van der Waals surface area contributed by atoms with Gasteiger partial charge in [-0.3, -0.25) is 9.09 Å². The molecule has 132 valence electrons. The van der Waals surface area contributed by atoms with E-state index in [1.54, 1.807) is 0 Å². The molecule has 12 nitrogen and oxygen atoms in total. The molecule has 3 rings (SSSR count). The van der Waals surface area contributed by atoms with Crippen molar-refractivity contribution in [2.75, 3.05) is 12.3 Å². The summed E-state index contributed by atoms with van der Waals surface area (Å²) in [6.45, 7) is -0.611. The monoisotopic (exact) mass is 425 g/mol. The number of fused-ring (bicyclic) bond motifs is 1. The zero-order valence-corrected chi connectivity index (χ0v) is 14.3. The molecule has 4 atom stereocenters. The predicted molar refractivity (Wildman–Crippen MR) is 81.4 cm³/mol. The summed E-state index contributed by atoms with van der Waals surface area (Å²) in [6.07, 6.45) is -3.94. The number of nitrogens with two attached hydrogens (primary N) is 1. The van der Waals surface area contributed by atoms with Crippen LogP contribution in [0.1, 0.15) is 6.23 Å². The average molecular weight is 426 g/mol. The predicted octanol–water partition coefficient (Wildman–Crippen LogP) is -1.10. The van der Waals surface area contributed by atoms with Crippen LogP contribution in [0.3, 0.4) is 0 Å². The van der Waals surface area contributed by atoms with Gasteiger partial charge in [-0.05, 0) is 15.9 Å². The van der Waals surface area contributed by atoms with Crippen LogP contribution in [0.15, 0.2) is 11.1 Å². The zero-order valence-electron chi connectivity index (χ0n) is 11.8. The Hall–Kier alpha value is -1.18. The van der Waals surface area contributed by atoms with E-state index in [-0.39, 0.29) is 21.7 Å². The normalized spacial score (nSPS) is 27.9. The number of rotatable bonds is 4. The molecule has 14 heteroatoms. The van der Waals surface area contributed by atoms with Crippen LogP contribution in [-0.4, -0.2) is 64.4 Å². The zero-order chi connectivity index (χ0) is 17.6. The first-order valence-corrected chi connectivity index (χ1v) is 8.87. The van der Waals surface area contributed by atoms with Gasteiger partial charge in [0.25, 0.3) is 0 Å². The van der Waals surface area contributed by atoms with Crippen molar-refractivity contribution in [2.24, 2.45) is 0 Å². The Balaban J connectivity index is 1.92. The molecule has 2 aromatic rings. The highest BCUT2D eigenvalue weighted by atomic mass is 79.9. The number of anilines is 1. The van der Waals surface area contributed by atoms with Crippen LogP contribution < -0.4 is 5.73 Å². The maximum atomic E-state index is 10.8. The lowest BCUT2D eigenvalue weighted by molar-refractivity contribution is -0.0514. The minimum atomic E-state index is -4.74.